The van der Waals surface area contributed by atoms with Crippen molar-refractivity contribution in [3.8, 4) is 0 Å². The number of amides is 1. The zero-order valence-corrected chi connectivity index (χ0v) is 16.5. The molecule has 0 aromatic heterocycles. The Hall–Kier alpha value is -1.23. The van der Waals surface area contributed by atoms with E-state index in [4.69, 9.17) is 32.7 Å². The monoisotopic (exact) mass is 385 g/mol. The van der Waals surface area contributed by atoms with Gasteiger partial charge in [-0.1, -0.05) is 35.3 Å². The molecule has 1 aliphatic rings. The Kier molecular flexibility index (Phi) is 6.41. The molecule has 1 saturated heterocycles. The zero-order chi connectivity index (χ0) is 18.7. The largest absolute Gasteiger partial charge is 0.444 e. The van der Waals surface area contributed by atoms with Crippen LogP contribution in [0.15, 0.2) is 30.9 Å². The summed E-state index contributed by atoms with van der Waals surface area (Å²) in [7, 11) is 0. The van der Waals surface area contributed by atoms with Crippen molar-refractivity contribution >= 4 is 29.3 Å². The van der Waals surface area contributed by atoms with Crippen LogP contribution >= 0.6 is 23.2 Å². The molecule has 1 aromatic carbocycles. The Bertz CT molecular complexity index is 632. The number of hydrogen-bond acceptors (Lipinski definition) is 3. The maximum Gasteiger partial charge on any atom is 0.410 e. The minimum absolute atomic E-state index is 0.293. The molecule has 4 nitrogen and oxygen atoms in total. The highest BCUT2D eigenvalue weighted by Gasteiger charge is 2.39. The molecule has 1 amide bonds. The first-order chi connectivity index (χ1) is 11.7. The third-order valence-electron chi connectivity index (χ3n) is 4.15. The van der Waals surface area contributed by atoms with Crippen LogP contribution in [-0.4, -0.2) is 36.3 Å². The summed E-state index contributed by atoms with van der Waals surface area (Å²) in [4.78, 5) is 14.0. The van der Waals surface area contributed by atoms with Crippen molar-refractivity contribution < 1.29 is 14.3 Å². The number of benzene rings is 1. The van der Waals surface area contributed by atoms with Gasteiger partial charge in [0.05, 0.1) is 22.3 Å². The maximum atomic E-state index is 12.3. The molecule has 1 fully saturated rings. The third-order valence-corrected chi connectivity index (χ3v) is 4.89. The lowest BCUT2D eigenvalue weighted by atomic mass is 9.84. The smallest absolute Gasteiger partial charge is 0.410 e. The summed E-state index contributed by atoms with van der Waals surface area (Å²) in [6.07, 6.45) is 2.73. The third kappa shape index (κ3) is 5.13. The number of ether oxygens (including phenoxy) is 2. The van der Waals surface area contributed by atoms with Crippen LogP contribution in [0.4, 0.5) is 4.79 Å². The summed E-state index contributed by atoms with van der Waals surface area (Å²) in [5.41, 5.74) is -0.0529. The molecule has 0 saturated carbocycles. The highest BCUT2D eigenvalue weighted by atomic mass is 35.5. The number of carbonyl (C=O) groups excluding carboxylic acids is 1. The number of nitrogens with zero attached hydrogens (tertiary/aromatic N) is 1. The summed E-state index contributed by atoms with van der Waals surface area (Å²) in [5.74, 6) is 0. The molecule has 1 aromatic rings. The molecule has 25 heavy (non-hydrogen) atoms. The number of rotatable bonds is 4. The van der Waals surface area contributed by atoms with Crippen molar-refractivity contribution in [1.82, 2.24) is 4.90 Å². The van der Waals surface area contributed by atoms with E-state index in [1.54, 1.807) is 17.0 Å². The van der Waals surface area contributed by atoms with Gasteiger partial charge in [0.1, 0.15) is 5.60 Å². The zero-order valence-electron chi connectivity index (χ0n) is 15.0. The maximum absolute atomic E-state index is 12.3. The Morgan fingerprint density at radius 2 is 1.92 bits per heavy atom. The summed E-state index contributed by atoms with van der Waals surface area (Å²) in [6, 6.07) is 5.55. The normalized spacial score (nSPS) is 17.2. The molecule has 138 valence electrons. The molecule has 0 bridgehead atoms. The lowest BCUT2D eigenvalue weighted by molar-refractivity contribution is -0.0796. The van der Waals surface area contributed by atoms with Crippen LogP contribution in [0, 0.1) is 0 Å². The summed E-state index contributed by atoms with van der Waals surface area (Å²) in [5, 5.41) is 1.01. The molecule has 0 spiro atoms. The fourth-order valence-corrected chi connectivity index (χ4v) is 3.19. The summed E-state index contributed by atoms with van der Waals surface area (Å²) >= 11 is 12.2. The van der Waals surface area contributed by atoms with Crippen molar-refractivity contribution in [1.29, 1.82) is 0 Å². The Morgan fingerprint density at radius 3 is 2.44 bits per heavy atom. The molecule has 0 N–H and O–H groups in total. The van der Waals surface area contributed by atoms with Crippen molar-refractivity contribution in [2.75, 3.05) is 19.7 Å². The molecular weight excluding hydrogens is 361 g/mol. The lowest BCUT2D eigenvalue weighted by Gasteiger charge is -2.42. The standard InChI is InChI=1S/C19H25Cl2NO3/c1-5-12-24-19(14-6-7-15(20)16(21)13-14)8-10-22(11-9-19)17(23)25-18(2,3)4/h5-7,13H,1,8-12H2,2-4H3. The van der Waals surface area contributed by atoms with Gasteiger partial charge in [0.2, 0.25) is 0 Å². The van der Waals surface area contributed by atoms with E-state index in [9.17, 15) is 4.79 Å². The fourth-order valence-electron chi connectivity index (χ4n) is 2.89. The second-order valence-electron chi connectivity index (χ2n) is 7.19. The first-order valence-corrected chi connectivity index (χ1v) is 9.11. The van der Waals surface area contributed by atoms with E-state index < -0.39 is 11.2 Å². The first-order valence-electron chi connectivity index (χ1n) is 8.35. The van der Waals surface area contributed by atoms with Gasteiger partial charge in [-0.15, -0.1) is 6.58 Å². The van der Waals surface area contributed by atoms with E-state index in [-0.39, 0.29) is 6.09 Å². The summed E-state index contributed by atoms with van der Waals surface area (Å²) < 4.78 is 11.6. The molecule has 1 aliphatic heterocycles. The van der Waals surface area contributed by atoms with Gasteiger partial charge in [0.15, 0.2) is 0 Å². The van der Waals surface area contributed by atoms with Crippen molar-refractivity contribution in [2.24, 2.45) is 0 Å². The predicted octanol–water partition coefficient (Wildman–Crippen LogP) is 5.42. The Morgan fingerprint density at radius 1 is 1.28 bits per heavy atom. The van der Waals surface area contributed by atoms with Crippen LogP contribution in [0.5, 0.6) is 0 Å². The fraction of sp³-hybridized carbons (Fsp3) is 0.526. The number of halogens is 2. The molecule has 0 atom stereocenters. The topological polar surface area (TPSA) is 38.8 Å². The number of piperidine rings is 1. The van der Waals surface area contributed by atoms with Gasteiger partial charge in [-0.3, -0.25) is 0 Å². The van der Waals surface area contributed by atoms with Crippen molar-refractivity contribution in [3.63, 3.8) is 0 Å². The van der Waals surface area contributed by atoms with E-state index in [1.165, 1.54) is 0 Å². The predicted molar refractivity (Wildman–Crippen MR) is 101 cm³/mol. The Balaban J connectivity index is 2.16. The highest BCUT2D eigenvalue weighted by Crippen LogP contribution is 2.39. The molecule has 0 radical (unpaired) electrons. The first kappa shape index (κ1) is 20.1. The quantitative estimate of drug-likeness (QED) is 0.649. The van der Waals surface area contributed by atoms with Gasteiger partial charge in [0.25, 0.3) is 0 Å². The van der Waals surface area contributed by atoms with E-state index in [0.717, 1.165) is 5.56 Å². The molecule has 0 unspecified atom stereocenters. The van der Waals surface area contributed by atoms with Crippen LogP contribution in [0.25, 0.3) is 0 Å². The van der Waals surface area contributed by atoms with Gasteiger partial charge in [-0.25, -0.2) is 4.79 Å². The average Bonchev–Trinajstić information content (AvgIpc) is 2.54. The SMILES string of the molecule is C=CCOC1(c2ccc(Cl)c(Cl)c2)CCN(C(=O)OC(C)(C)C)CC1. The molecule has 2 rings (SSSR count). The van der Waals surface area contributed by atoms with Gasteiger partial charge in [0, 0.05) is 13.1 Å². The van der Waals surface area contributed by atoms with Gasteiger partial charge < -0.3 is 14.4 Å². The minimum Gasteiger partial charge on any atom is -0.444 e. The van der Waals surface area contributed by atoms with Crippen LogP contribution < -0.4 is 0 Å². The average molecular weight is 386 g/mol. The lowest BCUT2D eigenvalue weighted by Crippen LogP contribution is -2.48. The van der Waals surface area contributed by atoms with Crippen LogP contribution in [0.3, 0.4) is 0 Å². The molecule has 6 heteroatoms. The molecular formula is C19H25Cl2NO3. The van der Waals surface area contributed by atoms with Crippen LogP contribution in [0.2, 0.25) is 10.0 Å². The van der Waals surface area contributed by atoms with Gasteiger partial charge in [-0.2, -0.15) is 0 Å². The number of hydrogen-bond donors (Lipinski definition) is 0. The van der Waals surface area contributed by atoms with Gasteiger partial charge in [-0.05, 0) is 51.3 Å². The van der Waals surface area contributed by atoms with Crippen molar-refractivity contribution in [2.45, 2.75) is 44.8 Å². The second-order valence-corrected chi connectivity index (χ2v) is 8.00. The number of likely N-dealkylation sites (tertiary alicyclic amines) is 1. The van der Waals surface area contributed by atoms with Crippen LogP contribution in [0.1, 0.15) is 39.2 Å². The van der Waals surface area contributed by atoms with Crippen molar-refractivity contribution in [3.05, 3.63) is 46.5 Å². The van der Waals surface area contributed by atoms with E-state index in [1.807, 2.05) is 32.9 Å². The van der Waals surface area contributed by atoms with Gasteiger partial charge >= 0.3 is 6.09 Å². The van der Waals surface area contributed by atoms with Crippen LogP contribution in [-0.2, 0) is 15.1 Å². The molecule has 0 aliphatic carbocycles. The summed E-state index contributed by atoms with van der Waals surface area (Å²) in [6.45, 7) is 10.8. The van der Waals surface area contributed by atoms with E-state index in [2.05, 4.69) is 6.58 Å². The minimum atomic E-state index is -0.513. The highest BCUT2D eigenvalue weighted by molar-refractivity contribution is 6.42. The van der Waals surface area contributed by atoms with E-state index >= 15 is 0 Å². The number of carbonyl (C=O) groups is 1. The van der Waals surface area contributed by atoms with E-state index in [0.29, 0.717) is 42.6 Å². The second kappa shape index (κ2) is 7.98. The Labute approximate surface area is 159 Å². The molecule has 1 heterocycles.